The maximum Gasteiger partial charge on any atom is 0.419 e. The number of benzene rings is 2. The number of piperidine rings is 1. The number of halogens is 6. The van der Waals surface area contributed by atoms with E-state index in [1.165, 1.54) is 12.0 Å². The predicted octanol–water partition coefficient (Wildman–Crippen LogP) is 6.64. The molecule has 1 amide bonds. The van der Waals surface area contributed by atoms with Crippen molar-refractivity contribution < 1.29 is 50.1 Å². The smallest absolute Gasteiger partial charge is 0.419 e. The Bertz CT molecular complexity index is 1480. The van der Waals surface area contributed by atoms with Crippen LogP contribution in [0.3, 0.4) is 0 Å². The first-order chi connectivity index (χ1) is 21.7. The van der Waals surface area contributed by atoms with Crippen LogP contribution in [0.4, 0.5) is 26.3 Å². The van der Waals surface area contributed by atoms with Crippen LogP contribution in [0.25, 0.3) is 0 Å². The van der Waals surface area contributed by atoms with E-state index in [4.69, 9.17) is 14.2 Å². The van der Waals surface area contributed by atoms with Crippen LogP contribution in [0.15, 0.2) is 36.4 Å². The highest BCUT2D eigenvalue weighted by molar-refractivity contribution is 5.89. The van der Waals surface area contributed by atoms with Crippen LogP contribution >= 0.6 is 0 Å². The van der Waals surface area contributed by atoms with Crippen molar-refractivity contribution in [3.05, 3.63) is 64.2 Å². The third kappa shape index (κ3) is 6.20. The predicted molar refractivity (Wildman–Crippen MR) is 153 cm³/mol. The quantitative estimate of drug-likeness (QED) is 0.266. The summed E-state index contributed by atoms with van der Waals surface area (Å²) >= 11 is 0. The van der Waals surface area contributed by atoms with E-state index in [-0.39, 0.29) is 41.4 Å². The number of amides is 1. The molecule has 0 bridgehead atoms. The molecule has 4 atom stereocenters. The van der Waals surface area contributed by atoms with Crippen LogP contribution in [-0.4, -0.2) is 66.9 Å². The fourth-order valence-corrected chi connectivity index (χ4v) is 7.45. The van der Waals surface area contributed by atoms with Gasteiger partial charge in [-0.05, 0) is 86.2 Å². The zero-order valence-electron chi connectivity index (χ0n) is 25.5. The second-order valence-electron chi connectivity index (χ2n) is 12.9. The first kappa shape index (κ1) is 32.6. The number of esters is 1. The Morgan fingerprint density at radius 1 is 1.00 bits per heavy atom. The number of rotatable bonds is 5. The second-order valence-corrected chi connectivity index (χ2v) is 12.9. The van der Waals surface area contributed by atoms with Gasteiger partial charge in [0, 0.05) is 18.2 Å². The van der Waals surface area contributed by atoms with Crippen molar-refractivity contribution in [2.45, 2.75) is 75.5 Å². The third-order valence-electron chi connectivity index (χ3n) is 9.98. The molecule has 0 aromatic heterocycles. The van der Waals surface area contributed by atoms with Gasteiger partial charge in [0.25, 0.3) is 5.91 Å². The molecule has 2 aromatic carbocycles. The Kier molecular flexibility index (Phi) is 8.54. The SMILES string of the molecule is COC(=O)c1cccc([C@H]2CCN([C@@H]3CC[C@@](C(=O)N4COc5c(cc(C(F)(F)F)cc5C(F)(F)F)C4)(C4CC4)OC3)C[C@@H]2C)c1. The van der Waals surface area contributed by atoms with Crippen LogP contribution in [0.5, 0.6) is 5.75 Å². The number of hydrogen-bond donors (Lipinski definition) is 0. The van der Waals surface area contributed by atoms with Crippen LogP contribution in [0.1, 0.15) is 77.6 Å². The second kappa shape index (κ2) is 12.0. The average Bonchev–Trinajstić information content (AvgIpc) is 3.89. The molecule has 3 fully saturated rings. The number of hydrogen-bond acceptors (Lipinski definition) is 6. The molecule has 13 heteroatoms. The van der Waals surface area contributed by atoms with Gasteiger partial charge in [0.1, 0.15) is 11.4 Å². The number of fused-ring (bicyclic) bond motifs is 1. The van der Waals surface area contributed by atoms with Crippen LogP contribution in [-0.2, 0) is 33.2 Å². The highest BCUT2D eigenvalue weighted by atomic mass is 19.4. The Labute approximate surface area is 262 Å². The van der Waals surface area contributed by atoms with E-state index in [0.29, 0.717) is 31.1 Å². The average molecular weight is 655 g/mol. The number of carbonyl (C=O) groups excluding carboxylic acids is 2. The van der Waals surface area contributed by atoms with Gasteiger partial charge >= 0.3 is 18.3 Å². The normalized spacial score (nSPS) is 27.5. The van der Waals surface area contributed by atoms with E-state index in [1.807, 2.05) is 18.2 Å². The lowest BCUT2D eigenvalue weighted by Gasteiger charge is -2.47. The van der Waals surface area contributed by atoms with E-state index in [9.17, 15) is 35.9 Å². The van der Waals surface area contributed by atoms with Crippen molar-refractivity contribution in [2.24, 2.45) is 11.8 Å². The van der Waals surface area contributed by atoms with Crippen molar-refractivity contribution in [1.29, 1.82) is 0 Å². The van der Waals surface area contributed by atoms with Crippen LogP contribution < -0.4 is 4.74 Å². The summed E-state index contributed by atoms with van der Waals surface area (Å²) in [5.74, 6) is -1.03. The Morgan fingerprint density at radius 2 is 1.76 bits per heavy atom. The summed E-state index contributed by atoms with van der Waals surface area (Å²) in [5, 5.41) is 0. The van der Waals surface area contributed by atoms with E-state index < -0.39 is 54.0 Å². The molecule has 46 heavy (non-hydrogen) atoms. The van der Waals surface area contributed by atoms with Gasteiger partial charge in [-0.1, -0.05) is 19.1 Å². The Morgan fingerprint density at radius 3 is 2.37 bits per heavy atom. The highest BCUT2D eigenvalue weighted by Crippen LogP contribution is 2.50. The maximum atomic E-state index is 14.0. The molecule has 7 nitrogen and oxygen atoms in total. The Hall–Kier alpha value is -3.32. The minimum absolute atomic E-state index is 0.0511. The van der Waals surface area contributed by atoms with Crippen LogP contribution in [0.2, 0.25) is 0 Å². The van der Waals surface area contributed by atoms with Crippen molar-refractivity contribution in [1.82, 2.24) is 9.80 Å². The van der Waals surface area contributed by atoms with Crippen molar-refractivity contribution >= 4 is 11.9 Å². The number of alkyl halides is 6. The van der Waals surface area contributed by atoms with E-state index >= 15 is 0 Å². The molecule has 1 saturated carbocycles. The van der Waals surface area contributed by atoms with E-state index in [0.717, 1.165) is 37.9 Å². The third-order valence-corrected chi connectivity index (χ3v) is 9.98. The molecule has 0 radical (unpaired) electrons. The largest absolute Gasteiger partial charge is 0.472 e. The number of carbonyl (C=O) groups is 2. The van der Waals surface area contributed by atoms with Gasteiger partial charge in [-0.25, -0.2) is 4.79 Å². The maximum absolute atomic E-state index is 14.0. The molecule has 2 saturated heterocycles. The molecular weight excluding hydrogens is 618 g/mol. The minimum atomic E-state index is -5.06. The molecule has 0 unspecified atom stereocenters. The topological polar surface area (TPSA) is 68.3 Å². The fourth-order valence-electron chi connectivity index (χ4n) is 7.45. The molecule has 1 aliphatic carbocycles. The molecule has 2 aromatic rings. The summed E-state index contributed by atoms with van der Waals surface area (Å²) in [6.45, 7) is 3.11. The number of ether oxygens (including phenoxy) is 3. The summed E-state index contributed by atoms with van der Waals surface area (Å²) in [6.07, 6.45) is -6.62. The van der Waals surface area contributed by atoms with Crippen molar-refractivity contribution in [2.75, 3.05) is 33.5 Å². The van der Waals surface area contributed by atoms with Gasteiger partial charge in [-0.2, -0.15) is 26.3 Å². The summed E-state index contributed by atoms with van der Waals surface area (Å²) in [6, 6.07) is 8.25. The summed E-state index contributed by atoms with van der Waals surface area (Å²) in [7, 11) is 1.35. The summed E-state index contributed by atoms with van der Waals surface area (Å²) in [5.41, 5.74) is -2.88. The molecule has 6 rings (SSSR count). The van der Waals surface area contributed by atoms with Gasteiger partial charge < -0.3 is 19.1 Å². The lowest BCUT2D eigenvalue weighted by Crippen LogP contribution is -2.59. The number of methoxy groups -OCH3 is 1. The van der Waals surface area contributed by atoms with Crippen LogP contribution in [0, 0.1) is 11.8 Å². The van der Waals surface area contributed by atoms with E-state index in [2.05, 4.69) is 11.8 Å². The Balaban J connectivity index is 1.13. The zero-order valence-corrected chi connectivity index (χ0v) is 25.5. The standard InChI is InChI=1S/C33H36F6N2O5/c1-19-15-40(11-9-26(19)20-4-3-5-21(12-20)29(42)44-2)25-8-10-31(46-17-25,23-6-7-23)30(43)41-16-22-13-24(32(34,35)36)14-27(33(37,38)39)28(22)45-18-41/h3-5,12-14,19,23,25-26H,6-11,15-18H2,1-2H3/t19-,25+,26-,31-/m0/s1. The summed E-state index contributed by atoms with van der Waals surface area (Å²) in [4.78, 5) is 29.6. The molecule has 3 heterocycles. The van der Waals surface area contributed by atoms with E-state index in [1.54, 1.807) is 6.07 Å². The molecule has 0 N–H and O–H groups in total. The minimum Gasteiger partial charge on any atom is -0.472 e. The van der Waals surface area contributed by atoms with Gasteiger partial charge in [0.2, 0.25) is 0 Å². The molecule has 0 spiro atoms. The van der Waals surface area contributed by atoms with Gasteiger partial charge in [-0.3, -0.25) is 9.69 Å². The fraction of sp³-hybridized carbons (Fsp3) is 0.576. The first-order valence-corrected chi connectivity index (χ1v) is 15.5. The summed E-state index contributed by atoms with van der Waals surface area (Å²) < 4.78 is 98.2. The number of nitrogens with zero attached hydrogens (tertiary/aromatic N) is 2. The molecule has 4 aliphatic rings. The number of likely N-dealkylation sites (tertiary alicyclic amines) is 1. The monoisotopic (exact) mass is 654 g/mol. The zero-order chi connectivity index (χ0) is 33.0. The molecule has 250 valence electrons. The van der Waals surface area contributed by atoms with Gasteiger partial charge in [-0.15, -0.1) is 0 Å². The highest BCUT2D eigenvalue weighted by Gasteiger charge is 2.56. The van der Waals surface area contributed by atoms with Gasteiger partial charge in [0.15, 0.2) is 6.73 Å². The molecular formula is C33H36F6N2O5. The first-order valence-electron chi connectivity index (χ1n) is 15.5. The lowest BCUT2D eigenvalue weighted by atomic mass is 9.79. The molecule has 3 aliphatic heterocycles. The van der Waals surface area contributed by atoms with Gasteiger partial charge in [0.05, 0.1) is 37.0 Å². The van der Waals surface area contributed by atoms with Crippen molar-refractivity contribution in [3.63, 3.8) is 0 Å². The lowest BCUT2D eigenvalue weighted by molar-refractivity contribution is -0.181. The van der Waals surface area contributed by atoms with Crippen molar-refractivity contribution in [3.8, 4) is 5.75 Å².